The Hall–Kier alpha value is -3.07. The maximum Gasteiger partial charge on any atom is 0.315 e. The molecule has 2 N–H and O–H groups in total. The van der Waals surface area contributed by atoms with Crippen LogP contribution in [0, 0.1) is 23.1 Å². The van der Waals surface area contributed by atoms with Gasteiger partial charge in [0.25, 0.3) is 0 Å². The highest BCUT2D eigenvalue weighted by atomic mass is 19.1. The van der Waals surface area contributed by atoms with Crippen LogP contribution in [0.15, 0.2) is 48.5 Å². The molecule has 0 spiro atoms. The third-order valence-corrected chi connectivity index (χ3v) is 6.33. The number of nitrogens with zero attached hydrogens (tertiary/aromatic N) is 2. The Morgan fingerprint density at radius 3 is 2.27 bits per heavy atom. The smallest absolute Gasteiger partial charge is 0.315 e. The predicted octanol–water partition coefficient (Wildman–Crippen LogP) is 4.51. The molecule has 2 aliphatic rings. The number of nitrogens with one attached hydrogen (secondary N) is 2. The fourth-order valence-corrected chi connectivity index (χ4v) is 4.31. The molecule has 1 saturated carbocycles. The van der Waals surface area contributed by atoms with Crippen molar-refractivity contribution >= 4 is 11.7 Å². The van der Waals surface area contributed by atoms with Gasteiger partial charge in [-0.25, -0.2) is 9.18 Å². The lowest BCUT2D eigenvalue weighted by molar-refractivity contribution is 0.203. The molecule has 30 heavy (non-hydrogen) atoms. The highest BCUT2D eigenvalue weighted by molar-refractivity contribution is 5.75. The van der Waals surface area contributed by atoms with Gasteiger partial charge in [0.2, 0.25) is 0 Å². The van der Waals surface area contributed by atoms with Gasteiger partial charge in [0.15, 0.2) is 0 Å². The second-order valence-corrected chi connectivity index (χ2v) is 8.26. The van der Waals surface area contributed by atoms with Crippen LogP contribution in [-0.4, -0.2) is 25.2 Å². The van der Waals surface area contributed by atoms with Crippen LogP contribution in [0.5, 0.6) is 0 Å². The number of anilines is 1. The van der Waals surface area contributed by atoms with E-state index in [1.54, 1.807) is 12.1 Å². The van der Waals surface area contributed by atoms with Crippen molar-refractivity contribution in [2.45, 2.75) is 44.2 Å². The number of hydrogen-bond acceptors (Lipinski definition) is 3. The largest absolute Gasteiger partial charge is 0.371 e. The lowest BCUT2D eigenvalue weighted by Gasteiger charge is -2.36. The van der Waals surface area contributed by atoms with Crippen molar-refractivity contribution in [2.75, 3.05) is 18.0 Å². The first-order valence-corrected chi connectivity index (χ1v) is 10.7. The molecule has 2 amide bonds. The molecular weight excluding hydrogens is 379 g/mol. The van der Waals surface area contributed by atoms with Gasteiger partial charge >= 0.3 is 6.03 Å². The molecule has 0 radical (unpaired) electrons. The number of hydrogen-bond donors (Lipinski definition) is 2. The number of piperidine rings is 1. The highest BCUT2D eigenvalue weighted by Gasteiger charge is 2.30. The second-order valence-electron chi connectivity index (χ2n) is 8.26. The van der Waals surface area contributed by atoms with Crippen LogP contribution in [0.4, 0.5) is 14.9 Å². The van der Waals surface area contributed by atoms with E-state index in [9.17, 15) is 9.18 Å². The van der Waals surface area contributed by atoms with Crippen molar-refractivity contribution in [3.63, 3.8) is 0 Å². The van der Waals surface area contributed by atoms with Crippen LogP contribution in [0.2, 0.25) is 0 Å². The Labute approximate surface area is 176 Å². The quantitative estimate of drug-likeness (QED) is 0.768. The van der Waals surface area contributed by atoms with E-state index in [0.29, 0.717) is 11.5 Å². The number of nitriles is 1. The molecule has 2 aromatic carbocycles. The van der Waals surface area contributed by atoms with Crippen molar-refractivity contribution in [2.24, 2.45) is 5.92 Å². The van der Waals surface area contributed by atoms with Gasteiger partial charge in [-0.1, -0.05) is 18.6 Å². The fraction of sp³-hybridized carbons (Fsp3) is 0.417. The maximum absolute atomic E-state index is 13.3. The first-order chi connectivity index (χ1) is 14.6. The van der Waals surface area contributed by atoms with Crippen LogP contribution in [0.3, 0.4) is 0 Å². The Kier molecular flexibility index (Phi) is 6.18. The van der Waals surface area contributed by atoms with E-state index in [4.69, 9.17) is 5.26 Å². The number of rotatable bonds is 5. The van der Waals surface area contributed by atoms with E-state index in [0.717, 1.165) is 50.0 Å². The van der Waals surface area contributed by atoms with E-state index in [1.807, 2.05) is 24.3 Å². The van der Waals surface area contributed by atoms with Gasteiger partial charge in [0.05, 0.1) is 17.7 Å². The average Bonchev–Trinajstić information content (AvgIpc) is 2.73. The van der Waals surface area contributed by atoms with Crippen LogP contribution in [0.1, 0.15) is 49.3 Å². The monoisotopic (exact) mass is 406 g/mol. The Bertz CT molecular complexity index is 894. The normalized spacial score (nSPS) is 18.2. The molecule has 1 saturated heterocycles. The maximum atomic E-state index is 13.3. The van der Waals surface area contributed by atoms with Gasteiger partial charge in [-0.2, -0.15) is 5.26 Å². The molecule has 0 aromatic heterocycles. The minimum absolute atomic E-state index is 0.0712. The third kappa shape index (κ3) is 4.73. The van der Waals surface area contributed by atoms with Gasteiger partial charge in [-0.3, -0.25) is 0 Å². The number of carbonyl (C=O) groups excluding carboxylic acids is 1. The topological polar surface area (TPSA) is 68.2 Å². The Balaban J connectivity index is 1.30. The van der Waals surface area contributed by atoms with Crippen molar-refractivity contribution in [3.05, 3.63) is 65.5 Å². The van der Waals surface area contributed by atoms with Crippen molar-refractivity contribution in [3.8, 4) is 6.07 Å². The summed E-state index contributed by atoms with van der Waals surface area (Å²) < 4.78 is 13.3. The molecular formula is C24H27FN4O. The van der Waals surface area contributed by atoms with Crippen molar-refractivity contribution in [1.29, 1.82) is 5.26 Å². The van der Waals surface area contributed by atoms with E-state index in [1.165, 1.54) is 18.6 Å². The molecule has 1 atom stereocenters. The molecule has 0 bridgehead atoms. The summed E-state index contributed by atoms with van der Waals surface area (Å²) >= 11 is 0. The Morgan fingerprint density at radius 2 is 1.70 bits per heavy atom. The number of halogens is 1. The molecule has 2 fully saturated rings. The first-order valence-electron chi connectivity index (χ1n) is 10.7. The number of benzene rings is 2. The fourth-order valence-electron chi connectivity index (χ4n) is 4.31. The molecule has 1 unspecified atom stereocenters. The molecule has 2 aromatic rings. The number of carbonyl (C=O) groups is 1. The van der Waals surface area contributed by atoms with Crippen molar-refractivity contribution < 1.29 is 9.18 Å². The number of amides is 2. The lowest BCUT2D eigenvalue weighted by Crippen LogP contribution is -2.49. The summed E-state index contributed by atoms with van der Waals surface area (Å²) in [5.41, 5.74) is 2.74. The van der Waals surface area contributed by atoms with E-state index in [-0.39, 0.29) is 23.9 Å². The molecule has 156 valence electrons. The zero-order valence-corrected chi connectivity index (χ0v) is 17.0. The molecule has 6 heteroatoms. The minimum atomic E-state index is -0.260. The molecule has 4 rings (SSSR count). The van der Waals surface area contributed by atoms with Gasteiger partial charge in [-0.15, -0.1) is 0 Å². The van der Waals surface area contributed by atoms with E-state index >= 15 is 0 Å². The SMILES string of the molecule is N#Cc1ccc(N2CCC(NC(=O)NC(c3ccc(F)cc3)C3CCC3)CC2)cc1. The zero-order chi connectivity index (χ0) is 20.9. The van der Waals surface area contributed by atoms with Crippen LogP contribution in [-0.2, 0) is 0 Å². The first kappa shape index (κ1) is 20.2. The average molecular weight is 407 g/mol. The van der Waals surface area contributed by atoms with Crippen LogP contribution in [0.25, 0.3) is 0 Å². The summed E-state index contributed by atoms with van der Waals surface area (Å²) in [6, 6.07) is 16.1. The minimum Gasteiger partial charge on any atom is -0.371 e. The summed E-state index contributed by atoms with van der Waals surface area (Å²) in [5.74, 6) is 0.157. The Morgan fingerprint density at radius 1 is 1.03 bits per heavy atom. The summed E-state index contributed by atoms with van der Waals surface area (Å²) in [4.78, 5) is 15.0. The van der Waals surface area contributed by atoms with Crippen molar-refractivity contribution in [1.82, 2.24) is 10.6 Å². The summed E-state index contributed by atoms with van der Waals surface area (Å²) in [7, 11) is 0. The van der Waals surface area contributed by atoms with Crippen LogP contribution >= 0.6 is 0 Å². The zero-order valence-electron chi connectivity index (χ0n) is 17.0. The van der Waals surface area contributed by atoms with Crippen LogP contribution < -0.4 is 15.5 Å². The van der Waals surface area contributed by atoms with Gasteiger partial charge in [0, 0.05) is 24.8 Å². The van der Waals surface area contributed by atoms with Gasteiger partial charge in [0.1, 0.15) is 5.82 Å². The van der Waals surface area contributed by atoms with E-state index in [2.05, 4.69) is 21.6 Å². The standard InChI is InChI=1S/C24H27FN4O/c25-20-8-6-19(7-9-20)23(18-2-1-3-18)28-24(30)27-21-12-14-29(15-13-21)22-10-4-17(16-26)5-11-22/h4-11,18,21,23H,1-3,12-15H2,(H2,27,28,30). The molecule has 1 aliphatic carbocycles. The molecule has 1 aliphatic heterocycles. The molecule has 5 nitrogen and oxygen atoms in total. The van der Waals surface area contributed by atoms with Gasteiger partial charge < -0.3 is 15.5 Å². The predicted molar refractivity (Wildman–Crippen MR) is 115 cm³/mol. The lowest BCUT2D eigenvalue weighted by atomic mass is 9.77. The summed E-state index contributed by atoms with van der Waals surface area (Å²) in [5, 5.41) is 15.2. The highest BCUT2D eigenvalue weighted by Crippen LogP contribution is 2.37. The summed E-state index contributed by atoms with van der Waals surface area (Å²) in [6.45, 7) is 1.72. The second kappa shape index (κ2) is 9.17. The van der Waals surface area contributed by atoms with E-state index < -0.39 is 0 Å². The summed E-state index contributed by atoms with van der Waals surface area (Å²) in [6.07, 6.45) is 5.10. The van der Waals surface area contributed by atoms with Gasteiger partial charge in [-0.05, 0) is 73.6 Å². The number of urea groups is 1. The third-order valence-electron chi connectivity index (χ3n) is 6.33. The molecule has 1 heterocycles.